The maximum Gasteiger partial charge on any atom is 0.0491 e. The van der Waals surface area contributed by atoms with Gasteiger partial charge in [0.25, 0.3) is 0 Å². The van der Waals surface area contributed by atoms with Crippen LogP contribution < -0.4 is 5.32 Å². The number of nitrogens with zero attached hydrogens (tertiary/aromatic N) is 1. The summed E-state index contributed by atoms with van der Waals surface area (Å²) in [6.07, 6.45) is 1.26. The summed E-state index contributed by atoms with van der Waals surface area (Å²) in [5.74, 6) is 0. The fourth-order valence-electron chi connectivity index (χ4n) is 3.20. The van der Waals surface area contributed by atoms with Crippen LogP contribution in [0.2, 0.25) is 0 Å². The number of benzene rings is 2. The van der Waals surface area contributed by atoms with Gasteiger partial charge in [-0.1, -0.05) is 24.3 Å². The third-order valence-electron chi connectivity index (χ3n) is 4.34. The van der Waals surface area contributed by atoms with E-state index in [9.17, 15) is 0 Å². The van der Waals surface area contributed by atoms with E-state index in [1.807, 2.05) is 0 Å². The van der Waals surface area contributed by atoms with Gasteiger partial charge in [0.1, 0.15) is 0 Å². The molecule has 0 unspecified atom stereocenters. The third kappa shape index (κ3) is 1.53. The van der Waals surface area contributed by atoms with Gasteiger partial charge >= 0.3 is 0 Å². The highest BCUT2D eigenvalue weighted by Gasteiger charge is 2.19. The molecule has 1 fully saturated rings. The van der Waals surface area contributed by atoms with Crippen LogP contribution in [0.4, 0.5) is 0 Å². The Morgan fingerprint density at radius 2 is 1.89 bits per heavy atom. The highest BCUT2D eigenvalue weighted by atomic mass is 15.0. The van der Waals surface area contributed by atoms with E-state index in [4.69, 9.17) is 0 Å². The van der Waals surface area contributed by atoms with Crippen LogP contribution in [0, 0.1) is 0 Å². The summed E-state index contributed by atoms with van der Waals surface area (Å²) in [7, 11) is 0. The predicted octanol–water partition coefficient (Wildman–Crippen LogP) is 3.85. The molecule has 0 amide bonds. The van der Waals surface area contributed by atoms with Crippen molar-refractivity contribution in [3.8, 4) is 0 Å². The molecule has 0 spiro atoms. The van der Waals surface area contributed by atoms with Crippen molar-refractivity contribution in [1.82, 2.24) is 9.88 Å². The number of aromatic nitrogens is 1. The fraction of sp³-hybridized carbons (Fsp3) is 0.294. The Bertz CT molecular complexity index is 750. The third-order valence-corrected chi connectivity index (χ3v) is 4.34. The second kappa shape index (κ2) is 4.10. The molecule has 0 bridgehead atoms. The lowest BCUT2D eigenvalue weighted by Crippen LogP contribution is -2.34. The van der Waals surface area contributed by atoms with Crippen LogP contribution in [-0.2, 0) is 6.54 Å². The van der Waals surface area contributed by atoms with E-state index in [1.54, 1.807) is 0 Å². The Hall–Kier alpha value is -1.80. The minimum absolute atomic E-state index is 0.563. The van der Waals surface area contributed by atoms with Gasteiger partial charge in [0.2, 0.25) is 0 Å². The maximum atomic E-state index is 3.49. The quantitative estimate of drug-likeness (QED) is 0.731. The average Bonchev–Trinajstić information content (AvgIpc) is 2.70. The van der Waals surface area contributed by atoms with Crippen LogP contribution >= 0.6 is 0 Å². The summed E-state index contributed by atoms with van der Waals surface area (Å²) < 4.78 is 2.41. The topological polar surface area (TPSA) is 17.0 Å². The van der Waals surface area contributed by atoms with Crippen molar-refractivity contribution < 1.29 is 0 Å². The van der Waals surface area contributed by atoms with Gasteiger partial charge in [0.05, 0.1) is 0 Å². The molecule has 0 saturated carbocycles. The van der Waals surface area contributed by atoms with Crippen molar-refractivity contribution in [2.75, 3.05) is 6.54 Å². The number of rotatable bonds is 2. The van der Waals surface area contributed by atoms with Crippen molar-refractivity contribution in [2.24, 2.45) is 0 Å². The molecule has 1 saturated heterocycles. The average molecular weight is 250 g/mol. The number of hydrogen-bond acceptors (Lipinski definition) is 1. The van der Waals surface area contributed by atoms with Crippen molar-refractivity contribution in [3.05, 3.63) is 48.0 Å². The maximum absolute atomic E-state index is 3.49. The van der Waals surface area contributed by atoms with Crippen LogP contribution in [0.5, 0.6) is 0 Å². The molecule has 0 radical (unpaired) electrons. The highest BCUT2D eigenvalue weighted by Crippen LogP contribution is 2.32. The van der Waals surface area contributed by atoms with E-state index < -0.39 is 0 Å². The Labute approximate surface area is 113 Å². The molecular weight excluding hydrogens is 232 g/mol. The first kappa shape index (κ1) is 11.1. The second-order valence-corrected chi connectivity index (χ2v) is 5.33. The summed E-state index contributed by atoms with van der Waals surface area (Å²) in [4.78, 5) is 0. The molecule has 0 aliphatic carbocycles. The van der Waals surface area contributed by atoms with Gasteiger partial charge in [-0.3, -0.25) is 0 Å². The SMILES string of the molecule is CCn1c2ccccc2c2cc([C@H]3CCN3)ccc21. The van der Waals surface area contributed by atoms with Gasteiger partial charge < -0.3 is 9.88 Å². The molecule has 2 heteroatoms. The molecule has 1 N–H and O–H groups in total. The van der Waals surface area contributed by atoms with Crippen LogP contribution in [0.1, 0.15) is 24.9 Å². The van der Waals surface area contributed by atoms with Gasteiger partial charge in [-0.15, -0.1) is 0 Å². The molecule has 3 aromatic rings. The van der Waals surface area contributed by atoms with Crippen LogP contribution in [0.3, 0.4) is 0 Å². The molecule has 1 atom stereocenters. The lowest BCUT2D eigenvalue weighted by atomic mass is 9.96. The van der Waals surface area contributed by atoms with E-state index in [2.05, 4.69) is 59.3 Å². The van der Waals surface area contributed by atoms with E-state index >= 15 is 0 Å². The highest BCUT2D eigenvalue weighted by molar-refractivity contribution is 6.08. The molecule has 2 aromatic carbocycles. The number of para-hydroxylation sites is 1. The minimum atomic E-state index is 0.563. The summed E-state index contributed by atoms with van der Waals surface area (Å²) >= 11 is 0. The number of aryl methyl sites for hydroxylation is 1. The number of hydrogen-bond donors (Lipinski definition) is 1. The van der Waals surface area contributed by atoms with Gasteiger partial charge in [-0.25, -0.2) is 0 Å². The summed E-state index contributed by atoms with van der Waals surface area (Å²) in [5, 5.41) is 6.26. The lowest BCUT2D eigenvalue weighted by molar-refractivity contribution is 0.383. The minimum Gasteiger partial charge on any atom is -0.341 e. The zero-order valence-electron chi connectivity index (χ0n) is 11.2. The van der Waals surface area contributed by atoms with Crippen LogP contribution in [-0.4, -0.2) is 11.1 Å². The van der Waals surface area contributed by atoms with Gasteiger partial charge in [-0.2, -0.15) is 0 Å². The lowest BCUT2D eigenvalue weighted by Gasteiger charge is -2.28. The summed E-state index contributed by atoms with van der Waals surface area (Å²) in [5.41, 5.74) is 4.13. The van der Waals surface area contributed by atoms with Gasteiger partial charge in [0.15, 0.2) is 0 Å². The fourth-order valence-corrected chi connectivity index (χ4v) is 3.20. The molecule has 96 valence electrons. The number of nitrogens with one attached hydrogen (secondary N) is 1. The predicted molar refractivity (Wildman–Crippen MR) is 80.5 cm³/mol. The molecule has 19 heavy (non-hydrogen) atoms. The Morgan fingerprint density at radius 1 is 1.11 bits per heavy atom. The van der Waals surface area contributed by atoms with Crippen LogP contribution in [0.25, 0.3) is 21.8 Å². The molecule has 1 aromatic heterocycles. The zero-order chi connectivity index (χ0) is 12.8. The monoisotopic (exact) mass is 250 g/mol. The van der Waals surface area contributed by atoms with Gasteiger partial charge in [-0.05, 0) is 43.7 Å². The first-order chi connectivity index (χ1) is 9.38. The second-order valence-electron chi connectivity index (χ2n) is 5.33. The Balaban J connectivity index is 2.04. The van der Waals surface area contributed by atoms with E-state index in [0.29, 0.717) is 6.04 Å². The first-order valence-electron chi connectivity index (χ1n) is 7.13. The molecular formula is C17H18N2. The molecule has 2 heterocycles. The summed E-state index contributed by atoms with van der Waals surface area (Å²) in [6.45, 7) is 4.39. The van der Waals surface area contributed by atoms with Crippen LogP contribution in [0.15, 0.2) is 42.5 Å². The Morgan fingerprint density at radius 3 is 2.63 bits per heavy atom. The molecule has 1 aliphatic heterocycles. The van der Waals surface area contributed by atoms with Crippen molar-refractivity contribution in [1.29, 1.82) is 0 Å². The molecule has 2 nitrogen and oxygen atoms in total. The summed E-state index contributed by atoms with van der Waals surface area (Å²) in [6, 6.07) is 16.2. The first-order valence-corrected chi connectivity index (χ1v) is 7.13. The van der Waals surface area contributed by atoms with Crippen molar-refractivity contribution in [2.45, 2.75) is 25.9 Å². The van der Waals surface area contributed by atoms with E-state index in [0.717, 1.165) is 13.1 Å². The van der Waals surface area contributed by atoms with Crippen molar-refractivity contribution in [3.63, 3.8) is 0 Å². The van der Waals surface area contributed by atoms with E-state index in [-0.39, 0.29) is 0 Å². The number of fused-ring (bicyclic) bond motifs is 3. The van der Waals surface area contributed by atoms with Gasteiger partial charge in [0, 0.05) is 34.4 Å². The largest absolute Gasteiger partial charge is 0.341 e. The zero-order valence-corrected chi connectivity index (χ0v) is 11.2. The van der Waals surface area contributed by atoms with Crippen molar-refractivity contribution >= 4 is 21.8 Å². The Kier molecular flexibility index (Phi) is 2.39. The molecule has 1 aliphatic rings. The smallest absolute Gasteiger partial charge is 0.0491 e. The standard InChI is InChI=1S/C17H18N2/c1-2-19-16-6-4-3-5-13(16)14-11-12(7-8-17(14)19)15-9-10-18-15/h3-8,11,15,18H,2,9-10H2,1H3/t15-/m1/s1. The molecule has 4 rings (SSSR count). The van der Waals surface area contributed by atoms with E-state index in [1.165, 1.54) is 33.8 Å². The normalized spacial score (nSPS) is 18.9.